The third-order valence-corrected chi connectivity index (χ3v) is 5.74. The molecule has 2 N–H and O–H groups in total. The largest absolute Gasteiger partial charge is 0.361 e. The molecular weight excluding hydrogens is 328 g/mol. The average Bonchev–Trinajstić information content (AvgIpc) is 3.38. The second kappa shape index (κ2) is 6.76. The number of aromatic nitrogens is 1. The van der Waals surface area contributed by atoms with Gasteiger partial charge < -0.3 is 20.1 Å². The molecule has 138 valence electrons. The Morgan fingerprint density at radius 2 is 1.88 bits per heavy atom. The number of benzene rings is 1. The molecule has 2 amide bonds. The third kappa shape index (κ3) is 3.09. The maximum atomic E-state index is 12.8. The molecule has 2 aliphatic rings. The second-order valence-electron chi connectivity index (χ2n) is 7.54. The Morgan fingerprint density at radius 3 is 2.62 bits per heavy atom. The number of carbonyl (C=O) groups excluding carboxylic acids is 2. The molecule has 1 aromatic carbocycles. The Balaban J connectivity index is 1.33. The van der Waals surface area contributed by atoms with Crippen LogP contribution in [0.2, 0.25) is 0 Å². The number of nitrogens with zero attached hydrogens (tertiary/aromatic N) is 2. The van der Waals surface area contributed by atoms with E-state index in [0.717, 1.165) is 38.1 Å². The zero-order valence-corrected chi connectivity index (χ0v) is 15.3. The minimum Gasteiger partial charge on any atom is -0.361 e. The van der Waals surface area contributed by atoms with Crippen molar-refractivity contribution in [2.45, 2.75) is 19.3 Å². The highest BCUT2D eigenvalue weighted by Gasteiger charge is 2.57. The Bertz CT molecular complexity index is 816. The van der Waals surface area contributed by atoms with E-state index in [1.165, 1.54) is 10.9 Å². The molecule has 2 heterocycles. The van der Waals surface area contributed by atoms with Gasteiger partial charge in [-0.05, 0) is 37.9 Å². The lowest BCUT2D eigenvalue weighted by atomic mass is 10.0. The molecule has 1 aliphatic carbocycles. The van der Waals surface area contributed by atoms with Gasteiger partial charge in [0.15, 0.2) is 0 Å². The predicted molar refractivity (Wildman–Crippen MR) is 101 cm³/mol. The Hall–Kier alpha value is -2.34. The van der Waals surface area contributed by atoms with Gasteiger partial charge in [-0.3, -0.25) is 9.59 Å². The SMILES string of the molecule is CN1CCN(C(=O)C2(C(=O)NCCc3c[nH]c4ccccc34)CC2)CC1. The van der Waals surface area contributed by atoms with Crippen LogP contribution < -0.4 is 5.32 Å². The summed E-state index contributed by atoms with van der Waals surface area (Å²) in [4.78, 5) is 32.9. The van der Waals surface area contributed by atoms with E-state index in [0.29, 0.717) is 19.4 Å². The maximum absolute atomic E-state index is 12.8. The molecule has 6 heteroatoms. The summed E-state index contributed by atoms with van der Waals surface area (Å²) in [5.41, 5.74) is 1.50. The Morgan fingerprint density at radius 1 is 1.15 bits per heavy atom. The monoisotopic (exact) mass is 354 g/mol. The van der Waals surface area contributed by atoms with E-state index >= 15 is 0 Å². The standard InChI is InChI=1S/C20H26N4O2/c1-23-10-12-24(13-11-23)19(26)20(7-8-20)18(25)21-9-6-15-14-22-17-5-3-2-4-16(15)17/h2-5,14,22H,6-13H2,1H3,(H,21,25). The summed E-state index contributed by atoms with van der Waals surface area (Å²) in [6.45, 7) is 3.76. The average molecular weight is 354 g/mol. The number of fused-ring (bicyclic) bond motifs is 1. The van der Waals surface area contributed by atoms with Crippen LogP contribution in [0.5, 0.6) is 0 Å². The molecule has 1 aromatic heterocycles. The van der Waals surface area contributed by atoms with Crippen LogP contribution in [-0.4, -0.2) is 66.4 Å². The van der Waals surface area contributed by atoms with Crippen molar-refractivity contribution in [2.24, 2.45) is 5.41 Å². The summed E-state index contributed by atoms with van der Waals surface area (Å²) in [5.74, 6) is -0.0727. The number of para-hydroxylation sites is 1. The van der Waals surface area contributed by atoms with E-state index in [1.807, 2.05) is 29.3 Å². The Labute approximate surface area is 153 Å². The second-order valence-corrected chi connectivity index (χ2v) is 7.54. The smallest absolute Gasteiger partial charge is 0.238 e. The van der Waals surface area contributed by atoms with Crippen molar-refractivity contribution in [3.05, 3.63) is 36.0 Å². The van der Waals surface area contributed by atoms with Crippen LogP contribution in [0.15, 0.2) is 30.5 Å². The number of hydrogen-bond acceptors (Lipinski definition) is 3. The first-order valence-electron chi connectivity index (χ1n) is 9.41. The number of nitrogens with one attached hydrogen (secondary N) is 2. The number of piperazine rings is 1. The number of aromatic amines is 1. The van der Waals surface area contributed by atoms with Gasteiger partial charge in [-0.25, -0.2) is 0 Å². The minimum absolute atomic E-state index is 0.0233. The summed E-state index contributed by atoms with van der Waals surface area (Å²) in [5, 5.41) is 4.20. The molecule has 26 heavy (non-hydrogen) atoms. The van der Waals surface area contributed by atoms with E-state index in [-0.39, 0.29) is 11.8 Å². The van der Waals surface area contributed by atoms with E-state index in [2.05, 4.69) is 28.3 Å². The van der Waals surface area contributed by atoms with Crippen molar-refractivity contribution < 1.29 is 9.59 Å². The highest BCUT2D eigenvalue weighted by Crippen LogP contribution is 2.47. The van der Waals surface area contributed by atoms with Crippen LogP contribution in [0.3, 0.4) is 0 Å². The fraction of sp³-hybridized carbons (Fsp3) is 0.500. The summed E-state index contributed by atoms with van der Waals surface area (Å²) in [7, 11) is 2.06. The summed E-state index contributed by atoms with van der Waals surface area (Å²) in [6, 6.07) is 8.16. The summed E-state index contributed by atoms with van der Waals surface area (Å²) < 4.78 is 0. The van der Waals surface area contributed by atoms with Crippen molar-refractivity contribution >= 4 is 22.7 Å². The van der Waals surface area contributed by atoms with Crippen molar-refractivity contribution in [1.82, 2.24) is 20.1 Å². The van der Waals surface area contributed by atoms with E-state index < -0.39 is 5.41 Å². The predicted octanol–water partition coefficient (Wildman–Crippen LogP) is 1.38. The van der Waals surface area contributed by atoms with Crippen LogP contribution in [-0.2, 0) is 16.0 Å². The van der Waals surface area contributed by atoms with E-state index in [4.69, 9.17) is 0 Å². The zero-order valence-electron chi connectivity index (χ0n) is 15.3. The Kier molecular flexibility index (Phi) is 4.44. The highest BCUT2D eigenvalue weighted by molar-refractivity contribution is 6.07. The minimum atomic E-state index is -0.796. The van der Waals surface area contributed by atoms with Crippen LogP contribution in [0.1, 0.15) is 18.4 Å². The molecule has 0 unspecified atom stereocenters. The molecule has 6 nitrogen and oxygen atoms in total. The first-order chi connectivity index (χ1) is 12.6. The molecule has 0 spiro atoms. The lowest BCUT2D eigenvalue weighted by Gasteiger charge is -2.34. The molecule has 4 rings (SSSR count). The van der Waals surface area contributed by atoms with E-state index in [9.17, 15) is 9.59 Å². The van der Waals surface area contributed by atoms with Gasteiger partial charge in [-0.1, -0.05) is 18.2 Å². The molecule has 2 aromatic rings. The number of hydrogen-bond donors (Lipinski definition) is 2. The molecule has 1 saturated heterocycles. The molecular formula is C20H26N4O2. The van der Waals surface area contributed by atoms with Gasteiger partial charge in [0, 0.05) is 49.8 Å². The normalized spacial score (nSPS) is 19.5. The highest BCUT2D eigenvalue weighted by atomic mass is 16.2. The van der Waals surface area contributed by atoms with Crippen molar-refractivity contribution in [2.75, 3.05) is 39.8 Å². The van der Waals surface area contributed by atoms with Gasteiger partial charge in [0.2, 0.25) is 11.8 Å². The van der Waals surface area contributed by atoms with Gasteiger partial charge in [-0.15, -0.1) is 0 Å². The maximum Gasteiger partial charge on any atom is 0.238 e. The number of H-pyrrole nitrogens is 1. The van der Waals surface area contributed by atoms with Crippen LogP contribution in [0, 0.1) is 5.41 Å². The van der Waals surface area contributed by atoms with Crippen molar-refractivity contribution in [1.29, 1.82) is 0 Å². The first kappa shape index (κ1) is 17.1. The van der Waals surface area contributed by atoms with Crippen molar-refractivity contribution in [3.8, 4) is 0 Å². The lowest BCUT2D eigenvalue weighted by Crippen LogP contribution is -2.52. The number of carbonyl (C=O) groups is 2. The van der Waals surface area contributed by atoms with E-state index in [1.54, 1.807) is 0 Å². The molecule has 1 saturated carbocycles. The topological polar surface area (TPSA) is 68.4 Å². The summed E-state index contributed by atoms with van der Waals surface area (Å²) in [6.07, 6.45) is 4.11. The molecule has 0 radical (unpaired) electrons. The van der Waals surface area contributed by atoms with Gasteiger partial charge in [0.05, 0.1) is 0 Å². The molecule has 1 aliphatic heterocycles. The first-order valence-corrected chi connectivity index (χ1v) is 9.41. The van der Waals surface area contributed by atoms with Crippen molar-refractivity contribution in [3.63, 3.8) is 0 Å². The van der Waals surface area contributed by atoms with Gasteiger partial charge in [0.1, 0.15) is 5.41 Å². The third-order valence-electron chi connectivity index (χ3n) is 5.74. The number of rotatable bonds is 5. The van der Waals surface area contributed by atoms with Gasteiger partial charge in [-0.2, -0.15) is 0 Å². The fourth-order valence-electron chi connectivity index (χ4n) is 3.79. The van der Waals surface area contributed by atoms with Crippen LogP contribution in [0.4, 0.5) is 0 Å². The molecule has 0 atom stereocenters. The van der Waals surface area contributed by atoms with Gasteiger partial charge >= 0.3 is 0 Å². The quantitative estimate of drug-likeness (QED) is 0.797. The molecule has 0 bridgehead atoms. The van der Waals surface area contributed by atoms with Crippen LogP contribution in [0.25, 0.3) is 10.9 Å². The van der Waals surface area contributed by atoms with Crippen LogP contribution >= 0.6 is 0 Å². The number of amides is 2. The lowest BCUT2D eigenvalue weighted by molar-refractivity contribution is -0.145. The summed E-state index contributed by atoms with van der Waals surface area (Å²) >= 11 is 0. The number of likely N-dealkylation sites (N-methyl/N-ethyl adjacent to an activating group) is 1. The molecule has 2 fully saturated rings. The van der Waals surface area contributed by atoms with Gasteiger partial charge in [0.25, 0.3) is 0 Å². The fourth-order valence-corrected chi connectivity index (χ4v) is 3.79. The zero-order chi connectivity index (χ0) is 18.1.